The van der Waals surface area contributed by atoms with Crippen molar-refractivity contribution in [3.05, 3.63) is 154 Å². The molecule has 6 aliphatic rings. The van der Waals surface area contributed by atoms with Crippen molar-refractivity contribution in [1.82, 2.24) is 9.97 Å². The zero-order chi connectivity index (χ0) is 37.3. The van der Waals surface area contributed by atoms with Gasteiger partial charge in [-0.25, -0.2) is 0 Å². The van der Waals surface area contributed by atoms with Gasteiger partial charge in [-0.05, 0) is 171 Å². The molecule has 2 fully saturated rings. The summed E-state index contributed by atoms with van der Waals surface area (Å²) < 4.78 is 0. The van der Waals surface area contributed by atoms with E-state index in [9.17, 15) is 0 Å². The molecule has 6 aromatic rings. The van der Waals surface area contributed by atoms with Crippen molar-refractivity contribution in [3.8, 4) is 44.8 Å². The van der Waals surface area contributed by atoms with Gasteiger partial charge in [0.1, 0.15) is 0 Å². The Morgan fingerprint density at radius 2 is 0.891 bits per heavy atom. The molecule has 276 valence electrons. The van der Waals surface area contributed by atoms with Gasteiger partial charge in [-0.1, -0.05) is 97.8 Å². The summed E-state index contributed by atoms with van der Waals surface area (Å²) in [4.78, 5) is 10.4. The Labute approximate surface area is 328 Å². The molecule has 0 amide bonds. The molecule has 55 heavy (non-hydrogen) atoms. The minimum atomic E-state index is -0.199. The van der Waals surface area contributed by atoms with E-state index in [0.717, 1.165) is 47.9 Å². The van der Waals surface area contributed by atoms with Crippen LogP contribution < -0.4 is 0 Å². The minimum Gasteiger partial charge on any atom is -0.256 e. The fourth-order valence-corrected chi connectivity index (χ4v) is 11.8. The van der Waals surface area contributed by atoms with Crippen LogP contribution in [0.4, 0.5) is 0 Å². The van der Waals surface area contributed by atoms with Crippen LogP contribution in [0.1, 0.15) is 146 Å². The smallest absolute Gasteiger partial charge is 0.0702 e. The molecule has 0 aliphatic heterocycles. The normalized spacial score (nSPS) is 21.0. The lowest BCUT2D eigenvalue weighted by Gasteiger charge is -2.38. The summed E-state index contributed by atoms with van der Waals surface area (Å²) in [5.41, 5.74) is 21.0. The summed E-state index contributed by atoms with van der Waals surface area (Å²) in [6.45, 7) is 9.22. The number of rotatable bonds is 8. The van der Waals surface area contributed by atoms with E-state index in [2.05, 4.69) is 137 Å². The highest BCUT2D eigenvalue weighted by atomic mass is 14.7. The van der Waals surface area contributed by atoms with E-state index in [4.69, 9.17) is 9.97 Å². The number of hydrogen-bond donors (Lipinski definition) is 0. The van der Waals surface area contributed by atoms with Gasteiger partial charge in [-0.15, -0.1) is 0 Å². The van der Waals surface area contributed by atoms with Gasteiger partial charge in [0, 0.05) is 40.1 Å². The molecule has 2 heterocycles. The van der Waals surface area contributed by atoms with Crippen LogP contribution in [0.5, 0.6) is 0 Å². The lowest BCUT2D eigenvalue weighted by Crippen LogP contribution is -2.28. The maximum absolute atomic E-state index is 5.19. The van der Waals surface area contributed by atoms with E-state index in [1.807, 2.05) is 0 Å². The summed E-state index contributed by atoms with van der Waals surface area (Å²) >= 11 is 0. The Balaban J connectivity index is 1.07. The Morgan fingerprint density at radius 1 is 0.473 bits per heavy atom. The Hall–Kier alpha value is -4.82. The first-order chi connectivity index (χ1) is 26.9. The molecule has 0 N–H and O–H groups in total. The summed E-state index contributed by atoms with van der Waals surface area (Å²) in [6, 6.07) is 37.6. The van der Waals surface area contributed by atoms with Gasteiger partial charge in [0.05, 0.1) is 11.4 Å². The fourth-order valence-electron chi connectivity index (χ4n) is 11.8. The zero-order valence-electron chi connectivity index (χ0n) is 33.2. The SMILES string of the molecule is CCC(CC)(c1cc(C)cc(C)c1)c1c(-c2ccc(-c3ccc4c(c3)C3CCC4CC3)nc2)cccc1-c1ccc(-c2ccc3c(c2)C2CCC3CC2)nc1. The molecule has 4 aromatic carbocycles. The average Bonchev–Trinajstić information content (AvgIpc) is 3.25. The van der Waals surface area contributed by atoms with Gasteiger partial charge in [-0.2, -0.15) is 0 Å². The van der Waals surface area contributed by atoms with E-state index in [1.54, 1.807) is 22.3 Å². The lowest BCUT2D eigenvalue weighted by molar-refractivity contribution is 0.359. The van der Waals surface area contributed by atoms with E-state index in [-0.39, 0.29) is 5.41 Å². The van der Waals surface area contributed by atoms with E-state index < -0.39 is 0 Å². The molecule has 0 atom stereocenters. The molecule has 2 saturated carbocycles. The molecular formula is C53H54N2. The lowest BCUT2D eigenvalue weighted by atomic mass is 9.66. The van der Waals surface area contributed by atoms with Crippen molar-refractivity contribution in [1.29, 1.82) is 0 Å². The quantitative estimate of drug-likeness (QED) is 0.157. The van der Waals surface area contributed by atoms with Crippen molar-refractivity contribution < 1.29 is 0 Å². The number of benzene rings is 4. The number of hydrogen-bond acceptors (Lipinski definition) is 2. The van der Waals surface area contributed by atoms with Crippen molar-refractivity contribution in [2.24, 2.45) is 0 Å². The van der Waals surface area contributed by atoms with Crippen LogP contribution >= 0.6 is 0 Å². The molecule has 12 rings (SSSR count). The molecule has 0 radical (unpaired) electrons. The van der Waals surface area contributed by atoms with Gasteiger partial charge in [0.15, 0.2) is 0 Å². The number of pyridine rings is 2. The number of aromatic nitrogens is 2. The summed E-state index contributed by atoms with van der Waals surface area (Å²) in [5.74, 6) is 2.97. The van der Waals surface area contributed by atoms with E-state index in [1.165, 1.54) is 107 Å². The van der Waals surface area contributed by atoms with Crippen LogP contribution in [0.3, 0.4) is 0 Å². The highest BCUT2D eigenvalue weighted by Gasteiger charge is 2.37. The molecular weight excluding hydrogens is 665 g/mol. The molecule has 4 bridgehead atoms. The molecule has 0 unspecified atom stereocenters. The topological polar surface area (TPSA) is 25.8 Å². The number of aryl methyl sites for hydroxylation is 2. The van der Waals surface area contributed by atoms with Crippen LogP contribution in [-0.2, 0) is 5.41 Å². The average molecular weight is 719 g/mol. The van der Waals surface area contributed by atoms with Crippen LogP contribution in [0.25, 0.3) is 44.8 Å². The molecule has 2 aromatic heterocycles. The third-order valence-electron chi connectivity index (χ3n) is 14.7. The van der Waals surface area contributed by atoms with Gasteiger partial charge >= 0.3 is 0 Å². The second-order valence-electron chi connectivity index (χ2n) is 17.5. The van der Waals surface area contributed by atoms with Crippen LogP contribution in [0.2, 0.25) is 0 Å². The van der Waals surface area contributed by atoms with Crippen molar-refractivity contribution in [3.63, 3.8) is 0 Å². The highest BCUT2D eigenvalue weighted by molar-refractivity contribution is 5.82. The minimum absolute atomic E-state index is 0.199. The molecule has 0 saturated heterocycles. The van der Waals surface area contributed by atoms with Crippen molar-refractivity contribution >= 4 is 0 Å². The Morgan fingerprint density at radius 3 is 1.29 bits per heavy atom. The first kappa shape index (κ1) is 34.7. The second kappa shape index (κ2) is 13.7. The number of fused-ring (bicyclic) bond motifs is 4. The van der Waals surface area contributed by atoms with Crippen molar-refractivity contribution in [2.45, 2.75) is 121 Å². The first-order valence-electron chi connectivity index (χ1n) is 21.4. The summed E-state index contributed by atoms with van der Waals surface area (Å²) in [6.07, 6.45) is 17.1. The summed E-state index contributed by atoms with van der Waals surface area (Å²) in [5, 5.41) is 0. The Bertz CT molecular complexity index is 2230. The third-order valence-corrected chi connectivity index (χ3v) is 14.7. The summed E-state index contributed by atoms with van der Waals surface area (Å²) in [7, 11) is 0. The predicted octanol–water partition coefficient (Wildman–Crippen LogP) is 14.4. The third kappa shape index (κ3) is 5.82. The molecule has 0 spiro atoms. The standard InChI is InChI=1S/C53H54N2/c1-5-53(6-2,43-27-33(3)26-34(4)28-43)52-46(41-20-24-50(54-31-41)39-18-22-44-35-10-14-37(15-11-35)48(44)29-39)8-7-9-47(52)42-21-25-51(55-32-42)40-19-23-45-36-12-16-38(17-13-36)49(45)30-40/h7-9,18-32,35-38H,5-6,10-17H2,1-4H3. The molecule has 2 heteroatoms. The predicted molar refractivity (Wildman–Crippen MR) is 229 cm³/mol. The Kier molecular flexibility index (Phi) is 8.65. The second-order valence-corrected chi connectivity index (χ2v) is 17.5. The number of nitrogens with zero attached hydrogens (tertiary/aromatic N) is 2. The first-order valence-corrected chi connectivity index (χ1v) is 21.4. The van der Waals surface area contributed by atoms with Crippen LogP contribution in [0.15, 0.2) is 109 Å². The van der Waals surface area contributed by atoms with Crippen molar-refractivity contribution in [2.75, 3.05) is 0 Å². The van der Waals surface area contributed by atoms with Crippen LogP contribution in [0, 0.1) is 13.8 Å². The van der Waals surface area contributed by atoms with Gasteiger partial charge in [0.2, 0.25) is 0 Å². The van der Waals surface area contributed by atoms with E-state index >= 15 is 0 Å². The van der Waals surface area contributed by atoms with Crippen LogP contribution in [-0.4, -0.2) is 9.97 Å². The van der Waals surface area contributed by atoms with Gasteiger partial charge in [0.25, 0.3) is 0 Å². The fraction of sp³-hybridized carbons (Fsp3) is 0.358. The highest BCUT2D eigenvalue weighted by Crippen LogP contribution is 2.52. The van der Waals surface area contributed by atoms with Gasteiger partial charge in [-0.3, -0.25) is 9.97 Å². The van der Waals surface area contributed by atoms with E-state index in [0.29, 0.717) is 0 Å². The maximum Gasteiger partial charge on any atom is 0.0702 e. The zero-order valence-corrected chi connectivity index (χ0v) is 33.2. The largest absolute Gasteiger partial charge is 0.256 e. The molecule has 6 aliphatic carbocycles. The maximum atomic E-state index is 5.19. The van der Waals surface area contributed by atoms with Gasteiger partial charge < -0.3 is 0 Å². The molecule has 2 nitrogen and oxygen atoms in total. The monoisotopic (exact) mass is 718 g/mol.